The summed E-state index contributed by atoms with van der Waals surface area (Å²) in [7, 11) is 0. The standard InChI is InChI=1S/C12H14FN5O/c1-7-15-8(2)18(16-7)6-9-3-4-10(13)5-11(9)12(14)17-19/h3-5,19H,6H2,1-2H3,(H2,14,17). The van der Waals surface area contributed by atoms with Gasteiger partial charge in [0.25, 0.3) is 0 Å². The Kier molecular flexibility index (Phi) is 3.46. The fraction of sp³-hybridized carbons (Fsp3) is 0.250. The van der Waals surface area contributed by atoms with Gasteiger partial charge in [0.2, 0.25) is 0 Å². The number of benzene rings is 1. The van der Waals surface area contributed by atoms with E-state index in [1.165, 1.54) is 12.1 Å². The van der Waals surface area contributed by atoms with Crippen molar-refractivity contribution >= 4 is 5.84 Å². The van der Waals surface area contributed by atoms with E-state index >= 15 is 0 Å². The predicted octanol–water partition coefficient (Wildman–Crippen LogP) is 1.18. The number of hydrogen-bond donors (Lipinski definition) is 2. The molecule has 0 saturated carbocycles. The van der Waals surface area contributed by atoms with Crippen LogP contribution >= 0.6 is 0 Å². The molecular weight excluding hydrogens is 249 g/mol. The average molecular weight is 263 g/mol. The van der Waals surface area contributed by atoms with Crippen molar-refractivity contribution in [1.29, 1.82) is 0 Å². The molecule has 2 rings (SSSR count). The Bertz CT molecular complexity index is 635. The molecule has 0 fully saturated rings. The molecule has 0 saturated heterocycles. The number of oxime groups is 1. The van der Waals surface area contributed by atoms with Crippen LogP contribution in [0.25, 0.3) is 0 Å². The Morgan fingerprint density at radius 3 is 2.79 bits per heavy atom. The van der Waals surface area contributed by atoms with E-state index in [1.54, 1.807) is 17.7 Å². The van der Waals surface area contributed by atoms with E-state index in [4.69, 9.17) is 10.9 Å². The number of halogens is 1. The van der Waals surface area contributed by atoms with Gasteiger partial charge in [0.1, 0.15) is 17.5 Å². The number of nitrogens with zero attached hydrogens (tertiary/aromatic N) is 4. The zero-order valence-corrected chi connectivity index (χ0v) is 10.6. The molecule has 6 nitrogen and oxygen atoms in total. The lowest BCUT2D eigenvalue weighted by atomic mass is 10.1. The summed E-state index contributed by atoms with van der Waals surface area (Å²) in [5.74, 6) is 0.818. The second kappa shape index (κ2) is 5.05. The Morgan fingerprint density at radius 1 is 1.47 bits per heavy atom. The molecule has 0 amide bonds. The molecule has 19 heavy (non-hydrogen) atoms. The number of hydrogen-bond acceptors (Lipinski definition) is 4. The van der Waals surface area contributed by atoms with Crippen LogP contribution in [0.4, 0.5) is 4.39 Å². The van der Waals surface area contributed by atoms with E-state index < -0.39 is 5.82 Å². The fourth-order valence-electron chi connectivity index (χ4n) is 1.85. The van der Waals surface area contributed by atoms with Gasteiger partial charge in [-0.15, -0.1) is 0 Å². The van der Waals surface area contributed by atoms with Crippen LogP contribution in [0, 0.1) is 19.7 Å². The molecule has 0 aliphatic rings. The highest BCUT2D eigenvalue weighted by molar-refractivity contribution is 5.98. The van der Waals surface area contributed by atoms with Crippen molar-refractivity contribution < 1.29 is 9.60 Å². The summed E-state index contributed by atoms with van der Waals surface area (Å²) in [6.07, 6.45) is 0. The third-order valence-corrected chi connectivity index (χ3v) is 2.74. The Labute approximate surface area is 109 Å². The van der Waals surface area contributed by atoms with Gasteiger partial charge in [-0.2, -0.15) is 5.10 Å². The lowest BCUT2D eigenvalue weighted by molar-refractivity contribution is 0.318. The summed E-state index contributed by atoms with van der Waals surface area (Å²) in [5.41, 5.74) is 6.59. The van der Waals surface area contributed by atoms with Crippen molar-refractivity contribution in [3.05, 3.63) is 46.8 Å². The summed E-state index contributed by atoms with van der Waals surface area (Å²) in [6.45, 7) is 3.99. The first-order chi connectivity index (χ1) is 9.01. The van der Waals surface area contributed by atoms with Crippen LogP contribution in [0.5, 0.6) is 0 Å². The molecule has 0 radical (unpaired) electrons. The largest absolute Gasteiger partial charge is 0.409 e. The van der Waals surface area contributed by atoms with Crippen LogP contribution < -0.4 is 5.73 Å². The Balaban J connectivity index is 2.42. The highest BCUT2D eigenvalue weighted by Crippen LogP contribution is 2.13. The van der Waals surface area contributed by atoms with Crippen LogP contribution in [-0.4, -0.2) is 25.8 Å². The first kappa shape index (κ1) is 13.0. The van der Waals surface area contributed by atoms with Gasteiger partial charge < -0.3 is 10.9 Å². The van der Waals surface area contributed by atoms with Gasteiger partial charge >= 0.3 is 0 Å². The quantitative estimate of drug-likeness (QED) is 0.376. The monoisotopic (exact) mass is 263 g/mol. The minimum absolute atomic E-state index is 0.135. The third-order valence-electron chi connectivity index (χ3n) is 2.74. The van der Waals surface area contributed by atoms with Gasteiger partial charge in [-0.05, 0) is 31.5 Å². The first-order valence-electron chi connectivity index (χ1n) is 5.65. The summed E-state index contributed by atoms with van der Waals surface area (Å²) in [4.78, 5) is 4.19. The molecule has 7 heteroatoms. The zero-order valence-electron chi connectivity index (χ0n) is 10.6. The number of nitrogens with two attached hydrogens (primary N) is 1. The maximum Gasteiger partial charge on any atom is 0.170 e. The van der Waals surface area contributed by atoms with Gasteiger partial charge in [-0.25, -0.2) is 14.1 Å². The zero-order chi connectivity index (χ0) is 14.0. The summed E-state index contributed by atoms with van der Waals surface area (Å²) >= 11 is 0. The SMILES string of the molecule is Cc1nc(C)n(Cc2ccc(F)cc2C(N)=NO)n1. The summed E-state index contributed by atoms with van der Waals surface area (Å²) in [5, 5.41) is 15.9. The molecule has 100 valence electrons. The van der Waals surface area contributed by atoms with Crippen molar-refractivity contribution in [3.8, 4) is 0 Å². The number of aryl methyl sites for hydroxylation is 2. The van der Waals surface area contributed by atoms with E-state index in [0.717, 1.165) is 5.82 Å². The molecule has 1 heterocycles. The highest BCUT2D eigenvalue weighted by Gasteiger charge is 2.11. The lowest BCUT2D eigenvalue weighted by Gasteiger charge is -2.09. The molecule has 0 spiro atoms. The van der Waals surface area contributed by atoms with Gasteiger partial charge in [-0.3, -0.25) is 0 Å². The molecule has 0 atom stereocenters. The minimum Gasteiger partial charge on any atom is -0.409 e. The predicted molar refractivity (Wildman–Crippen MR) is 67.5 cm³/mol. The van der Waals surface area contributed by atoms with Crippen molar-refractivity contribution in [1.82, 2.24) is 14.8 Å². The van der Waals surface area contributed by atoms with Crippen molar-refractivity contribution in [2.45, 2.75) is 20.4 Å². The average Bonchev–Trinajstić information content (AvgIpc) is 2.69. The van der Waals surface area contributed by atoms with Gasteiger partial charge in [0.15, 0.2) is 5.84 Å². The first-order valence-corrected chi connectivity index (χ1v) is 5.65. The second-order valence-electron chi connectivity index (χ2n) is 4.15. The van der Waals surface area contributed by atoms with Crippen LogP contribution in [0.1, 0.15) is 22.8 Å². The molecule has 1 aromatic heterocycles. The molecule has 2 aromatic rings. The van der Waals surface area contributed by atoms with E-state index in [0.29, 0.717) is 23.5 Å². The van der Waals surface area contributed by atoms with Gasteiger partial charge in [0.05, 0.1) is 6.54 Å². The second-order valence-corrected chi connectivity index (χ2v) is 4.15. The van der Waals surface area contributed by atoms with Crippen molar-refractivity contribution in [3.63, 3.8) is 0 Å². The lowest BCUT2D eigenvalue weighted by Crippen LogP contribution is -2.18. The topological polar surface area (TPSA) is 89.3 Å². The van der Waals surface area contributed by atoms with Crippen LogP contribution in [-0.2, 0) is 6.54 Å². The van der Waals surface area contributed by atoms with Crippen molar-refractivity contribution in [2.24, 2.45) is 10.9 Å². The Morgan fingerprint density at radius 2 is 2.21 bits per heavy atom. The number of rotatable bonds is 3. The number of amidine groups is 1. The van der Waals surface area contributed by atoms with Gasteiger partial charge in [-0.1, -0.05) is 11.2 Å². The van der Waals surface area contributed by atoms with Gasteiger partial charge in [0, 0.05) is 5.56 Å². The van der Waals surface area contributed by atoms with Crippen LogP contribution in [0.2, 0.25) is 0 Å². The minimum atomic E-state index is -0.447. The number of aromatic nitrogens is 3. The molecule has 3 N–H and O–H groups in total. The van der Waals surface area contributed by atoms with E-state index in [2.05, 4.69) is 15.2 Å². The van der Waals surface area contributed by atoms with Crippen molar-refractivity contribution in [2.75, 3.05) is 0 Å². The maximum absolute atomic E-state index is 13.2. The molecule has 1 aromatic carbocycles. The highest BCUT2D eigenvalue weighted by atomic mass is 19.1. The molecule has 0 aliphatic carbocycles. The molecule has 0 unspecified atom stereocenters. The molecule has 0 bridgehead atoms. The van der Waals surface area contributed by atoms with Crippen LogP contribution in [0.3, 0.4) is 0 Å². The van der Waals surface area contributed by atoms with Crippen LogP contribution in [0.15, 0.2) is 23.4 Å². The summed E-state index contributed by atoms with van der Waals surface area (Å²) in [6, 6.07) is 4.13. The molecular formula is C12H14FN5O. The fourth-order valence-corrected chi connectivity index (χ4v) is 1.85. The maximum atomic E-state index is 13.2. The smallest absolute Gasteiger partial charge is 0.170 e. The molecule has 0 aliphatic heterocycles. The van der Waals surface area contributed by atoms with E-state index in [-0.39, 0.29) is 5.84 Å². The normalized spacial score (nSPS) is 11.8. The Hall–Kier alpha value is -2.44. The van der Waals surface area contributed by atoms with E-state index in [1.807, 2.05) is 6.92 Å². The summed E-state index contributed by atoms with van der Waals surface area (Å²) < 4.78 is 14.9. The van der Waals surface area contributed by atoms with E-state index in [9.17, 15) is 4.39 Å². The third kappa shape index (κ3) is 2.70.